The quantitative estimate of drug-likeness (QED) is 0.432. The Morgan fingerprint density at radius 2 is 1.04 bits per heavy atom. The standard InChI is InChI=1S/C11H9F13O2/c1-4(2)5(25)26-3-6(12,13)7(14,15)8(16,17)9(18,19)10(20,21)11(22,23)24/h4H,3H2,1-2H3. The molecule has 0 aliphatic rings. The Labute approximate surface area is 136 Å². The predicted molar refractivity (Wildman–Crippen MR) is 56.6 cm³/mol. The van der Waals surface area contributed by atoms with Gasteiger partial charge in [0.25, 0.3) is 0 Å². The number of carbonyl (C=O) groups is 1. The van der Waals surface area contributed by atoms with E-state index in [4.69, 9.17) is 0 Å². The van der Waals surface area contributed by atoms with E-state index in [0.29, 0.717) is 0 Å². The van der Waals surface area contributed by atoms with Crippen molar-refractivity contribution >= 4 is 5.97 Å². The van der Waals surface area contributed by atoms with E-state index < -0.39 is 54.3 Å². The number of ether oxygens (including phenoxy) is 1. The number of hydrogen-bond acceptors (Lipinski definition) is 2. The first-order valence-electron chi connectivity index (χ1n) is 6.20. The maximum atomic E-state index is 13.2. The van der Waals surface area contributed by atoms with Crippen molar-refractivity contribution in [1.29, 1.82) is 0 Å². The van der Waals surface area contributed by atoms with Crippen LogP contribution in [0.3, 0.4) is 0 Å². The second-order valence-electron chi connectivity index (χ2n) is 5.26. The molecule has 0 fully saturated rings. The van der Waals surface area contributed by atoms with Gasteiger partial charge in [0.1, 0.15) is 0 Å². The van der Waals surface area contributed by atoms with E-state index in [0.717, 1.165) is 13.8 Å². The summed E-state index contributed by atoms with van der Waals surface area (Å²) in [6.07, 6.45) is -7.46. The number of hydrogen-bond donors (Lipinski definition) is 0. The van der Waals surface area contributed by atoms with Crippen molar-refractivity contribution in [2.24, 2.45) is 5.92 Å². The second kappa shape index (κ2) is 6.62. The summed E-state index contributed by atoms with van der Waals surface area (Å²) in [7, 11) is 0. The van der Waals surface area contributed by atoms with Gasteiger partial charge in [-0.25, -0.2) is 0 Å². The van der Waals surface area contributed by atoms with E-state index in [2.05, 4.69) is 4.74 Å². The van der Waals surface area contributed by atoms with Crippen LogP contribution in [0.25, 0.3) is 0 Å². The van der Waals surface area contributed by atoms with Crippen molar-refractivity contribution in [1.82, 2.24) is 0 Å². The molecule has 0 aliphatic carbocycles. The van der Waals surface area contributed by atoms with Gasteiger partial charge in [-0.1, -0.05) is 13.8 Å². The Morgan fingerprint density at radius 3 is 1.35 bits per heavy atom. The molecule has 0 rings (SSSR count). The summed E-state index contributed by atoms with van der Waals surface area (Å²) >= 11 is 0. The normalized spacial score (nSPS) is 15.4. The molecule has 0 unspecified atom stereocenters. The van der Waals surface area contributed by atoms with Crippen molar-refractivity contribution in [3.63, 3.8) is 0 Å². The zero-order chi connectivity index (χ0) is 21.6. The third-order valence-corrected chi connectivity index (χ3v) is 2.87. The van der Waals surface area contributed by atoms with Crippen molar-refractivity contribution in [3.8, 4) is 0 Å². The molecule has 0 bridgehead atoms. The Balaban J connectivity index is 5.96. The van der Waals surface area contributed by atoms with Crippen molar-refractivity contribution < 1.29 is 66.6 Å². The van der Waals surface area contributed by atoms with Gasteiger partial charge >= 0.3 is 41.8 Å². The fourth-order valence-corrected chi connectivity index (χ4v) is 1.22. The first-order valence-corrected chi connectivity index (χ1v) is 6.20. The van der Waals surface area contributed by atoms with Gasteiger partial charge in [-0.2, -0.15) is 57.1 Å². The lowest BCUT2D eigenvalue weighted by molar-refractivity contribution is -0.441. The van der Waals surface area contributed by atoms with Gasteiger partial charge in [-0.3, -0.25) is 4.79 Å². The summed E-state index contributed by atoms with van der Waals surface area (Å²) in [6.45, 7) is -1.04. The molecule has 2 nitrogen and oxygen atoms in total. The van der Waals surface area contributed by atoms with E-state index in [1.54, 1.807) is 0 Å². The average molecular weight is 420 g/mol. The summed E-state index contributed by atoms with van der Waals surface area (Å²) in [5, 5.41) is 0. The van der Waals surface area contributed by atoms with Crippen LogP contribution >= 0.6 is 0 Å². The molecule has 0 N–H and O–H groups in total. The third-order valence-electron chi connectivity index (χ3n) is 2.87. The number of esters is 1. The Bertz CT molecular complexity index is 521. The van der Waals surface area contributed by atoms with Crippen LogP contribution in [0.1, 0.15) is 13.8 Å². The first-order chi connectivity index (χ1) is 11.1. The molecule has 26 heavy (non-hydrogen) atoms. The topological polar surface area (TPSA) is 26.3 Å². The fourth-order valence-electron chi connectivity index (χ4n) is 1.22. The van der Waals surface area contributed by atoms with Gasteiger partial charge in [-0.05, 0) is 0 Å². The lowest BCUT2D eigenvalue weighted by atomic mass is 9.94. The van der Waals surface area contributed by atoms with Gasteiger partial charge in [-0.15, -0.1) is 0 Å². The third kappa shape index (κ3) is 3.66. The predicted octanol–water partition coefficient (Wildman–Crippen LogP) is 4.92. The first kappa shape index (κ1) is 24.6. The molecule has 0 atom stereocenters. The molecule has 0 saturated heterocycles. The minimum absolute atomic E-state index is 0.964. The highest BCUT2D eigenvalue weighted by Gasteiger charge is 2.90. The molecule has 0 aliphatic heterocycles. The van der Waals surface area contributed by atoms with Crippen LogP contribution in [0.15, 0.2) is 0 Å². The maximum absolute atomic E-state index is 13.2. The number of halogens is 13. The van der Waals surface area contributed by atoms with Gasteiger partial charge in [0.05, 0.1) is 5.92 Å². The Morgan fingerprint density at radius 1 is 0.692 bits per heavy atom. The van der Waals surface area contributed by atoms with Crippen LogP contribution in [0.5, 0.6) is 0 Å². The van der Waals surface area contributed by atoms with Crippen molar-refractivity contribution in [2.75, 3.05) is 6.61 Å². The lowest BCUT2D eigenvalue weighted by Crippen LogP contribution is -2.70. The molecule has 0 spiro atoms. The SMILES string of the molecule is CC(C)C(=O)OCC(F)(F)C(F)(F)C(F)(F)C(F)(F)C(F)(F)C(F)(F)F. The summed E-state index contributed by atoms with van der Waals surface area (Å²) in [6, 6.07) is 0. The lowest BCUT2D eigenvalue weighted by Gasteiger charge is -2.39. The zero-order valence-corrected chi connectivity index (χ0v) is 12.5. The summed E-state index contributed by atoms with van der Waals surface area (Å²) in [4.78, 5) is 10.8. The maximum Gasteiger partial charge on any atom is 0.460 e. The smallest absolute Gasteiger partial charge is 0.459 e. The van der Waals surface area contributed by atoms with Crippen LogP contribution in [0.2, 0.25) is 0 Å². The van der Waals surface area contributed by atoms with E-state index in [1.807, 2.05) is 0 Å². The molecular formula is C11H9F13O2. The molecule has 0 radical (unpaired) electrons. The van der Waals surface area contributed by atoms with Crippen LogP contribution in [-0.2, 0) is 9.53 Å². The largest absolute Gasteiger partial charge is 0.460 e. The molecule has 156 valence electrons. The van der Waals surface area contributed by atoms with Crippen molar-refractivity contribution in [3.05, 3.63) is 0 Å². The van der Waals surface area contributed by atoms with E-state index in [-0.39, 0.29) is 0 Å². The number of rotatable bonds is 7. The fraction of sp³-hybridized carbons (Fsp3) is 0.909. The highest BCUT2D eigenvalue weighted by atomic mass is 19.4. The highest BCUT2D eigenvalue weighted by Crippen LogP contribution is 2.60. The molecule has 0 amide bonds. The van der Waals surface area contributed by atoms with Crippen LogP contribution in [0.4, 0.5) is 57.1 Å². The molecule has 0 aromatic rings. The average Bonchev–Trinajstić information content (AvgIpc) is 2.42. The van der Waals surface area contributed by atoms with Crippen molar-refractivity contribution in [2.45, 2.75) is 49.6 Å². The summed E-state index contributed by atoms with van der Waals surface area (Å²) < 4.78 is 169. The monoisotopic (exact) mass is 420 g/mol. The molecule has 0 saturated carbocycles. The van der Waals surface area contributed by atoms with Gasteiger partial charge in [0, 0.05) is 0 Å². The molecule has 0 aromatic heterocycles. The molecule has 0 heterocycles. The van der Waals surface area contributed by atoms with Crippen LogP contribution in [0, 0.1) is 5.92 Å². The number of carbonyl (C=O) groups excluding carboxylic acids is 1. The minimum Gasteiger partial charge on any atom is -0.459 e. The van der Waals surface area contributed by atoms with Crippen LogP contribution < -0.4 is 0 Å². The van der Waals surface area contributed by atoms with Crippen LogP contribution in [-0.4, -0.2) is 48.4 Å². The highest BCUT2D eigenvalue weighted by molar-refractivity contribution is 5.71. The van der Waals surface area contributed by atoms with Gasteiger partial charge < -0.3 is 4.74 Å². The van der Waals surface area contributed by atoms with E-state index in [1.165, 1.54) is 0 Å². The molecule has 15 heteroatoms. The van der Waals surface area contributed by atoms with Gasteiger partial charge in [0.2, 0.25) is 0 Å². The minimum atomic E-state index is -7.97. The Kier molecular flexibility index (Phi) is 6.25. The second-order valence-corrected chi connectivity index (χ2v) is 5.26. The van der Waals surface area contributed by atoms with E-state index >= 15 is 0 Å². The number of alkyl halides is 13. The molecular weight excluding hydrogens is 411 g/mol. The Hall–Kier alpha value is -1.44. The summed E-state index contributed by atoms with van der Waals surface area (Å²) in [5.74, 6) is -40.4. The van der Waals surface area contributed by atoms with E-state index in [9.17, 15) is 61.9 Å². The molecule has 0 aromatic carbocycles. The van der Waals surface area contributed by atoms with Gasteiger partial charge in [0.15, 0.2) is 6.61 Å². The summed E-state index contributed by atoms with van der Waals surface area (Å²) in [5.41, 5.74) is 0. The zero-order valence-electron chi connectivity index (χ0n) is 12.5.